The van der Waals surface area contributed by atoms with Crippen molar-refractivity contribution in [2.24, 2.45) is 0 Å². The Kier molecular flexibility index (Phi) is 7.08. The third-order valence-electron chi connectivity index (χ3n) is 4.92. The molecular weight excluding hydrogens is 368 g/mol. The number of ether oxygens (including phenoxy) is 1. The van der Waals surface area contributed by atoms with Gasteiger partial charge in [-0.05, 0) is 30.3 Å². The van der Waals surface area contributed by atoms with Gasteiger partial charge in [0.05, 0.1) is 12.8 Å². The zero-order chi connectivity index (χ0) is 20.6. The molecular formula is C22H28N4O3. The minimum atomic E-state index is -0.138. The molecule has 0 radical (unpaired) electrons. The molecule has 1 fully saturated rings. The Morgan fingerprint density at radius 1 is 0.966 bits per heavy atom. The average Bonchev–Trinajstić information content (AvgIpc) is 2.72. The van der Waals surface area contributed by atoms with Gasteiger partial charge in [-0.1, -0.05) is 18.2 Å². The molecule has 0 saturated carbocycles. The molecule has 2 N–H and O–H groups in total. The Morgan fingerprint density at radius 3 is 2.34 bits per heavy atom. The molecule has 7 heteroatoms. The van der Waals surface area contributed by atoms with E-state index in [0.29, 0.717) is 17.8 Å². The molecule has 3 rings (SSSR count). The second-order valence-electron chi connectivity index (χ2n) is 7.06. The predicted molar refractivity (Wildman–Crippen MR) is 116 cm³/mol. The van der Waals surface area contributed by atoms with Gasteiger partial charge >= 0.3 is 0 Å². The summed E-state index contributed by atoms with van der Waals surface area (Å²) < 4.78 is 5.46. The van der Waals surface area contributed by atoms with Crippen LogP contribution in [0.2, 0.25) is 0 Å². The number of amides is 2. The third kappa shape index (κ3) is 5.96. The lowest BCUT2D eigenvalue weighted by Gasteiger charge is -2.36. The van der Waals surface area contributed by atoms with Crippen LogP contribution in [0.3, 0.4) is 0 Å². The molecule has 1 aliphatic heterocycles. The highest BCUT2D eigenvalue weighted by atomic mass is 16.5. The van der Waals surface area contributed by atoms with Crippen LogP contribution in [-0.2, 0) is 9.59 Å². The molecule has 1 saturated heterocycles. The van der Waals surface area contributed by atoms with Crippen LogP contribution >= 0.6 is 0 Å². The van der Waals surface area contributed by atoms with E-state index >= 15 is 0 Å². The lowest BCUT2D eigenvalue weighted by atomic mass is 10.2. The summed E-state index contributed by atoms with van der Waals surface area (Å²) in [4.78, 5) is 28.1. The van der Waals surface area contributed by atoms with Crippen LogP contribution in [0.4, 0.5) is 17.1 Å². The Hall–Kier alpha value is -3.06. The topological polar surface area (TPSA) is 73.9 Å². The van der Waals surface area contributed by atoms with Crippen molar-refractivity contribution in [3.05, 3.63) is 48.5 Å². The number of benzene rings is 2. The molecule has 2 aromatic carbocycles. The third-order valence-corrected chi connectivity index (χ3v) is 4.92. The first kappa shape index (κ1) is 20.7. The minimum Gasteiger partial charge on any atom is -0.495 e. The first-order valence-electron chi connectivity index (χ1n) is 9.83. The number of nitrogens with zero attached hydrogens (tertiary/aromatic N) is 2. The molecule has 1 aliphatic rings. The Morgan fingerprint density at radius 2 is 1.66 bits per heavy atom. The Balaban J connectivity index is 1.44. The molecule has 0 spiro atoms. The fourth-order valence-electron chi connectivity index (χ4n) is 3.46. The van der Waals surface area contributed by atoms with Crippen LogP contribution in [0.1, 0.15) is 13.3 Å². The average molecular weight is 396 g/mol. The maximum atomic E-state index is 12.3. The second kappa shape index (κ2) is 9.93. The maximum Gasteiger partial charge on any atom is 0.225 e. The lowest BCUT2D eigenvalue weighted by molar-refractivity contribution is -0.116. The highest BCUT2D eigenvalue weighted by Gasteiger charge is 2.19. The summed E-state index contributed by atoms with van der Waals surface area (Å²) in [7, 11) is 1.69. The lowest BCUT2D eigenvalue weighted by Crippen LogP contribution is -2.47. The monoisotopic (exact) mass is 396 g/mol. The summed E-state index contributed by atoms with van der Waals surface area (Å²) in [5, 5.41) is 5.62. The highest BCUT2D eigenvalue weighted by Crippen LogP contribution is 2.28. The van der Waals surface area contributed by atoms with Crippen molar-refractivity contribution in [3.8, 4) is 5.75 Å². The van der Waals surface area contributed by atoms with E-state index < -0.39 is 0 Å². The van der Waals surface area contributed by atoms with Crippen molar-refractivity contribution in [2.75, 3.05) is 55.4 Å². The quantitative estimate of drug-likeness (QED) is 0.753. The summed E-state index contributed by atoms with van der Waals surface area (Å²) in [5.41, 5.74) is 2.47. The number of carbonyl (C=O) groups is 2. The smallest absolute Gasteiger partial charge is 0.225 e. The Bertz CT molecular complexity index is 847. The van der Waals surface area contributed by atoms with Crippen LogP contribution in [0.5, 0.6) is 5.75 Å². The van der Waals surface area contributed by atoms with Gasteiger partial charge in [0.1, 0.15) is 5.75 Å². The number of anilines is 3. The van der Waals surface area contributed by atoms with Gasteiger partial charge in [0, 0.05) is 57.4 Å². The van der Waals surface area contributed by atoms with Gasteiger partial charge in [0.2, 0.25) is 11.8 Å². The van der Waals surface area contributed by atoms with E-state index in [2.05, 4.69) is 26.5 Å². The summed E-state index contributed by atoms with van der Waals surface area (Å²) in [6, 6.07) is 15.2. The van der Waals surface area contributed by atoms with Crippen molar-refractivity contribution in [2.45, 2.75) is 13.3 Å². The van der Waals surface area contributed by atoms with Gasteiger partial charge in [-0.3, -0.25) is 14.5 Å². The van der Waals surface area contributed by atoms with E-state index in [1.807, 2.05) is 24.3 Å². The van der Waals surface area contributed by atoms with Gasteiger partial charge in [-0.25, -0.2) is 0 Å². The number of para-hydroxylation sites is 2. The van der Waals surface area contributed by atoms with E-state index in [1.54, 1.807) is 25.3 Å². The Labute approximate surface area is 171 Å². The molecule has 29 heavy (non-hydrogen) atoms. The van der Waals surface area contributed by atoms with E-state index in [9.17, 15) is 9.59 Å². The van der Waals surface area contributed by atoms with Crippen molar-refractivity contribution in [1.82, 2.24) is 4.90 Å². The SMILES string of the molecule is COc1ccccc1N1CCN(CCC(=O)Nc2cccc(NC(C)=O)c2)CC1. The van der Waals surface area contributed by atoms with Crippen molar-refractivity contribution in [1.29, 1.82) is 0 Å². The first-order valence-corrected chi connectivity index (χ1v) is 9.83. The highest BCUT2D eigenvalue weighted by molar-refractivity contribution is 5.93. The summed E-state index contributed by atoms with van der Waals surface area (Å²) in [6.45, 7) is 5.80. The maximum absolute atomic E-state index is 12.3. The molecule has 0 bridgehead atoms. The van der Waals surface area contributed by atoms with E-state index in [0.717, 1.165) is 44.2 Å². The molecule has 0 aromatic heterocycles. The number of hydrogen-bond donors (Lipinski definition) is 2. The van der Waals surface area contributed by atoms with Crippen molar-refractivity contribution >= 4 is 28.9 Å². The van der Waals surface area contributed by atoms with E-state index in [4.69, 9.17) is 4.74 Å². The standard InChI is InChI=1S/C22H28N4O3/c1-17(27)23-18-6-5-7-19(16-18)24-22(28)10-11-25-12-14-26(15-13-25)20-8-3-4-9-21(20)29-2/h3-9,16H,10-15H2,1-2H3,(H,23,27)(H,24,28). The molecule has 0 unspecified atom stereocenters. The normalized spacial score (nSPS) is 14.3. The molecule has 0 atom stereocenters. The molecule has 2 amide bonds. The number of hydrogen-bond acceptors (Lipinski definition) is 5. The minimum absolute atomic E-state index is 0.0304. The van der Waals surface area contributed by atoms with Crippen LogP contribution < -0.4 is 20.3 Å². The fraction of sp³-hybridized carbons (Fsp3) is 0.364. The molecule has 0 aliphatic carbocycles. The van der Waals surface area contributed by atoms with E-state index in [-0.39, 0.29) is 11.8 Å². The number of piperazine rings is 1. The molecule has 1 heterocycles. The molecule has 7 nitrogen and oxygen atoms in total. The van der Waals surface area contributed by atoms with Gasteiger partial charge in [0.25, 0.3) is 0 Å². The van der Waals surface area contributed by atoms with Gasteiger partial charge in [-0.2, -0.15) is 0 Å². The van der Waals surface area contributed by atoms with Crippen LogP contribution in [-0.4, -0.2) is 56.5 Å². The zero-order valence-electron chi connectivity index (χ0n) is 17.0. The number of rotatable bonds is 7. The second-order valence-corrected chi connectivity index (χ2v) is 7.06. The molecule has 154 valence electrons. The van der Waals surface area contributed by atoms with Crippen molar-refractivity contribution in [3.63, 3.8) is 0 Å². The number of carbonyl (C=O) groups excluding carboxylic acids is 2. The first-order chi connectivity index (χ1) is 14.0. The van der Waals surface area contributed by atoms with Crippen molar-refractivity contribution < 1.29 is 14.3 Å². The number of nitrogens with one attached hydrogen (secondary N) is 2. The number of methoxy groups -OCH3 is 1. The van der Waals surface area contributed by atoms with Gasteiger partial charge in [0.15, 0.2) is 0 Å². The van der Waals surface area contributed by atoms with Crippen LogP contribution in [0.25, 0.3) is 0 Å². The van der Waals surface area contributed by atoms with E-state index in [1.165, 1.54) is 6.92 Å². The van der Waals surface area contributed by atoms with Crippen LogP contribution in [0.15, 0.2) is 48.5 Å². The zero-order valence-corrected chi connectivity index (χ0v) is 17.0. The van der Waals surface area contributed by atoms with Gasteiger partial charge in [-0.15, -0.1) is 0 Å². The summed E-state index contributed by atoms with van der Waals surface area (Å²) in [5.74, 6) is 0.722. The largest absolute Gasteiger partial charge is 0.495 e. The molecule has 2 aromatic rings. The predicted octanol–water partition coefficient (Wildman–Crippen LogP) is 2.80. The fourth-order valence-corrected chi connectivity index (χ4v) is 3.46. The van der Waals surface area contributed by atoms with Gasteiger partial charge < -0.3 is 20.3 Å². The summed E-state index contributed by atoms with van der Waals surface area (Å²) in [6.07, 6.45) is 0.430. The van der Waals surface area contributed by atoms with Crippen LogP contribution in [0, 0.1) is 0 Å². The summed E-state index contributed by atoms with van der Waals surface area (Å²) >= 11 is 0.